The van der Waals surface area contributed by atoms with Gasteiger partial charge in [0.15, 0.2) is 0 Å². The van der Waals surface area contributed by atoms with Crippen molar-refractivity contribution < 1.29 is 9.47 Å². The zero-order valence-electron chi connectivity index (χ0n) is 16.1. The molecule has 28 heavy (non-hydrogen) atoms. The van der Waals surface area contributed by atoms with Crippen LogP contribution in [-0.2, 0) is 17.7 Å². The molecule has 0 spiro atoms. The predicted octanol–water partition coefficient (Wildman–Crippen LogP) is 5.14. The molecule has 3 heterocycles. The van der Waals surface area contributed by atoms with Gasteiger partial charge in [-0.25, -0.2) is 4.98 Å². The molecule has 6 heteroatoms. The van der Waals surface area contributed by atoms with E-state index in [4.69, 9.17) is 14.5 Å². The fraction of sp³-hybridized carbons (Fsp3) is 0.409. The molecule has 1 N–H and O–H groups in total. The Morgan fingerprint density at radius 3 is 2.93 bits per heavy atom. The molecule has 1 fully saturated rings. The predicted molar refractivity (Wildman–Crippen MR) is 115 cm³/mol. The van der Waals surface area contributed by atoms with E-state index in [1.807, 2.05) is 12.1 Å². The van der Waals surface area contributed by atoms with Gasteiger partial charge in [-0.2, -0.15) is 0 Å². The Balaban J connectivity index is 1.43. The van der Waals surface area contributed by atoms with E-state index in [0.29, 0.717) is 6.61 Å². The normalized spacial score (nSPS) is 17.7. The van der Waals surface area contributed by atoms with E-state index in [-0.39, 0.29) is 12.1 Å². The smallest absolute Gasteiger partial charge is 0.123 e. The van der Waals surface area contributed by atoms with Crippen molar-refractivity contribution in [1.29, 1.82) is 0 Å². The molecule has 0 saturated carbocycles. The number of nitrogens with one attached hydrogen (secondary N) is 1. The monoisotopic (exact) mass is 414 g/mol. The van der Waals surface area contributed by atoms with E-state index in [2.05, 4.69) is 47.3 Å². The largest absolute Gasteiger partial charge is 0.491 e. The highest BCUT2D eigenvalue weighted by atomic mass is 32.1. The van der Waals surface area contributed by atoms with Gasteiger partial charge < -0.3 is 14.8 Å². The summed E-state index contributed by atoms with van der Waals surface area (Å²) in [4.78, 5) is 6.10. The average molecular weight is 415 g/mol. The fourth-order valence-corrected chi connectivity index (χ4v) is 5.01. The van der Waals surface area contributed by atoms with Gasteiger partial charge in [0, 0.05) is 41.1 Å². The molecule has 1 aliphatic heterocycles. The van der Waals surface area contributed by atoms with Gasteiger partial charge in [-0.1, -0.05) is 24.3 Å². The fourth-order valence-electron chi connectivity index (χ4n) is 3.39. The zero-order valence-corrected chi connectivity index (χ0v) is 17.7. The molecule has 0 unspecified atom stereocenters. The Morgan fingerprint density at radius 2 is 2.18 bits per heavy atom. The Kier molecular flexibility index (Phi) is 6.75. The van der Waals surface area contributed by atoms with Crippen molar-refractivity contribution in [2.45, 2.75) is 44.9 Å². The summed E-state index contributed by atoms with van der Waals surface area (Å²) < 4.78 is 11.8. The molecule has 2 atom stereocenters. The lowest BCUT2D eigenvalue weighted by Gasteiger charge is -2.18. The van der Waals surface area contributed by atoms with Gasteiger partial charge in [-0.15, -0.1) is 22.7 Å². The van der Waals surface area contributed by atoms with Crippen LogP contribution in [0.25, 0.3) is 0 Å². The van der Waals surface area contributed by atoms with Crippen LogP contribution >= 0.6 is 22.7 Å². The number of ether oxygens (including phenoxy) is 2. The quantitative estimate of drug-likeness (QED) is 0.526. The second kappa shape index (κ2) is 9.65. The van der Waals surface area contributed by atoms with Crippen LogP contribution in [0.3, 0.4) is 0 Å². The number of aryl methyl sites for hydroxylation is 1. The van der Waals surface area contributed by atoms with Gasteiger partial charge in [0.2, 0.25) is 0 Å². The summed E-state index contributed by atoms with van der Waals surface area (Å²) in [5, 5.41) is 9.11. The standard InChI is InChI=1S/C22H26N2O2S2/c1-16-15-28-22(24-16)20(12-19-8-5-11-27-19)23-13-17-6-2-3-9-21(17)26-14-18-7-4-10-25-18/h2-3,5-6,8-9,11,15,18,20,23H,4,7,10,12-14H2,1H3/t18-,20-/m0/s1. The van der Waals surface area contributed by atoms with Crippen molar-refractivity contribution in [2.75, 3.05) is 13.2 Å². The van der Waals surface area contributed by atoms with Crippen LogP contribution < -0.4 is 10.1 Å². The molecule has 148 valence electrons. The summed E-state index contributed by atoms with van der Waals surface area (Å²) in [6.45, 7) is 4.28. The maximum Gasteiger partial charge on any atom is 0.123 e. The molecule has 4 rings (SSSR count). The summed E-state index contributed by atoms with van der Waals surface area (Å²) >= 11 is 3.53. The Labute approximate surface area is 174 Å². The van der Waals surface area contributed by atoms with E-state index < -0.39 is 0 Å². The second-order valence-electron chi connectivity index (χ2n) is 7.10. The van der Waals surface area contributed by atoms with Crippen LogP contribution in [0.4, 0.5) is 0 Å². The first-order chi connectivity index (χ1) is 13.8. The van der Waals surface area contributed by atoms with E-state index >= 15 is 0 Å². The lowest BCUT2D eigenvalue weighted by molar-refractivity contribution is 0.0675. The van der Waals surface area contributed by atoms with Crippen molar-refractivity contribution in [3.63, 3.8) is 0 Å². The van der Waals surface area contributed by atoms with Gasteiger partial charge in [-0.05, 0) is 37.3 Å². The molecule has 0 bridgehead atoms. The second-order valence-corrected chi connectivity index (χ2v) is 9.02. The number of hydrogen-bond donors (Lipinski definition) is 1. The molecule has 1 saturated heterocycles. The van der Waals surface area contributed by atoms with Crippen LogP contribution in [-0.4, -0.2) is 24.3 Å². The summed E-state index contributed by atoms with van der Waals surface area (Å²) in [6, 6.07) is 12.8. The van der Waals surface area contributed by atoms with Crippen LogP contribution in [0, 0.1) is 6.92 Å². The number of thiophene rings is 1. The molecule has 2 aromatic heterocycles. The number of thiazole rings is 1. The summed E-state index contributed by atoms with van der Waals surface area (Å²) in [6.07, 6.45) is 3.40. The van der Waals surface area contributed by atoms with Crippen molar-refractivity contribution >= 4 is 22.7 Å². The zero-order chi connectivity index (χ0) is 19.2. The van der Waals surface area contributed by atoms with Crippen LogP contribution in [0.1, 0.15) is 40.0 Å². The first-order valence-corrected chi connectivity index (χ1v) is 11.5. The van der Waals surface area contributed by atoms with Crippen LogP contribution in [0.15, 0.2) is 47.2 Å². The van der Waals surface area contributed by atoms with Gasteiger partial charge in [0.05, 0.1) is 12.1 Å². The highest BCUT2D eigenvalue weighted by Crippen LogP contribution is 2.26. The minimum absolute atomic E-state index is 0.198. The summed E-state index contributed by atoms with van der Waals surface area (Å²) in [5.74, 6) is 0.940. The lowest BCUT2D eigenvalue weighted by Crippen LogP contribution is -2.23. The number of benzene rings is 1. The molecule has 0 radical (unpaired) electrons. The number of para-hydroxylation sites is 1. The molecule has 1 aromatic carbocycles. The lowest BCUT2D eigenvalue weighted by atomic mass is 10.1. The summed E-state index contributed by atoms with van der Waals surface area (Å²) in [5.41, 5.74) is 2.25. The van der Waals surface area contributed by atoms with Gasteiger partial charge >= 0.3 is 0 Å². The van der Waals surface area contributed by atoms with Gasteiger partial charge in [-0.3, -0.25) is 0 Å². The summed E-state index contributed by atoms with van der Waals surface area (Å²) in [7, 11) is 0. The molecule has 4 nitrogen and oxygen atoms in total. The van der Waals surface area contributed by atoms with Crippen molar-refractivity contribution in [2.24, 2.45) is 0 Å². The minimum Gasteiger partial charge on any atom is -0.491 e. The van der Waals surface area contributed by atoms with E-state index in [9.17, 15) is 0 Å². The maximum atomic E-state index is 6.09. The number of hydrogen-bond acceptors (Lipinski definition) is 6. The third-order valence-electron chi connectivity index (χ3n) is 4.88. The average Bonchev–Trinajstić information content (AvgIpc) is 3.47. The third kappa shape index (κ3) is 5.20. The van der Waals surface area contributed by atoms with Crippen LogP contribution in [0.5, 0.6) is 5.75 Å². The highest BCUT2D eigenvalue weighted by Gasteiger charge is 2.19. The van der Waals surface area contributed by atoms with E-state index in [0.717, 1.165) is 48.9 Å². The van der Waals surface area contributed by atoms with Crippen molar-refractivity contribution in [1.82, 2.24) is 10.3 Å². The van der Waals surface area contributed by atoms with Gasteiger partial charge in [0.25, 0.3) is 0 Å². The molecule has 1 aliphatic rings. The number of rotatable bonds is 9. The Bertz CT molecular complexity index is 857. The van der Waals surface area contributed by atoms with E-state index in [1.54, 1.807) is 22.7 Å². The highest BCUT2D eigenvalue weighted by molar-refractivity contribution is 7.10. The van der Waals surface area contributed by atoms with Crippen molar-refractivity contribution in [3.05, 3.63) is 68.3 Å². The first-order valence-electron chi connectivity index (χ1n) is 9.78. The first kappa shape index (κ1) is 19.6. The Hall–Kier alpha value is -1.73. The maximum absolute atomic E-state index is 6.09. The Morgan fingerprint density at radius 1 is 1.25 bits per heavy atom. The van der Waals surface area contributed by atoms with E-state index in [1.165, 1.54) is 10.4 Å². The number of aromatic nitrogens is 1. The minimum atomic E-state index is 0.198. The topological polar surface area (TPSA) is 43.4 Å². The molecular formula is C22H26N2O2S2. The van der Waals surface area contributed by atoms with Crippen molar-refractivity contribution in [3.8, 4) is 5.75 Å². The number of nitrogens with zero attached hydrogens (tertiary/aromatic N) is 1. The molecule has 0 aliphatic carbocycles. The third-order valence-corrected chi connectivity index (χ3v) is 6.86. The van der Waals surface area contributed by atoms with Gasteiger partial charge in [0.1, 0.15) is 17.4 Å². The van der Waals surface area contributed by atoms with Crippen LogP contribution in [0.2, 0.25) is 0 Å². The molecule has 3 aromatic rings. The molecular weight excluding hydrogens is 388 g/mol. The molecule has 0 amide bonds. The SMILES string of the molecule is Cc1csc([C@H](Cc2cccs2)NCc2ccccc2OC[C@@H]2CCCO2)n1.